The van der Waals surface area contributed by atoms with Crippen LogP contribution in [0.2, 0.25) is 0 Å². The van der Waals surface area contributed by atoms with Crippen LogP contribution in [0, 0.1) is 0 Å². The third-order valence-corrected chi connectivity index (χ3v) is 5.67. The Morgan fingerprint density at radius 3 is 2.63 bits per heavy atom. The Kier molecular flexibility index (Phi) is 3.99. The zero-order valence-electron chi connectivity index (χ0n) is 13.9. The van der Waals surface area contributed by atoms with Gasteiger partial charge in [0.15, 0.2) is 0 Å². The SMILES string of the molecule is [N-]=[N+]=C1CC(S(=O)(=O)Oc2ccc3ncccc3c2)=c2ccccc2=C1O. The maximum Gasteiger partial charge on any atom is 0.339 e. The Balaban J connectivity index is 1.87. The smallest absolute Gasteiger partial charge is 0.339 e. The summed E-state index contributed by atoms with van der Waals surface area (Å²) in [5.74, 6) is -0.120. The molecular formula is C19H13N3O4S. The zero-order valence-corrected chi connectivity index (χ0v) is 14.7. The minimum Gasteiger partial charge on any atom is -0.501 e. The maximum atomic E-state index is 12.9. The summed E-state index contributed by atoms with van der Waals surface area (Å²) < 4.78 is 31.2. The second-order valence-corrected chi connectivity index (χ2v) is 7.50. The molecule has 134 valence electrons. The van der Waals surface area contributed by atoms with E-state index < -0.39 is 10.1 Å². The first kappa shape index (κ1) is 17.0. The monoisotopic (exact) mass is 379 g/mol. The van der Waals surface area contributed by atoms with E-state index in [0.717, 1.165) is 5.39 Å². The van der Waals surface area contributed by atoms with Crippen LogP contribution in [0.3, 0.4) is 0 Å². The van der Waals surface area contributed by atoms with E-state index in [1.165, 1.54) is 6.07 Å². The van der Waals surface area contributed by atoms with Gasteiger partial charge in [0.2, 0.25) is 5.76 Å². The molecule has 2 aromatic carbocycles. The number of nitrogens with zero attached hydrogens (tertiary/aromatic N) is 3. The Labute approximate surface area is 154 Å². The van der Waals surface area contributed by atoms with Gasteiger partial charge in [0.05, 0.1) is 11.9 Å². The van der Waals surface area contributed by atoms with E-state index in [4.69, 9.17) is 9.71 Å². The fourth-order valence-electron chi connectivity index (χ4n) is 3.01. The number of hydrogen-bond acceptors (Lipinski definition) is 5. The molecule has 0 atom stereocenters. The van der Waals surface area contributed by atoms with Gasteiger partial charge in [-0.25, -0.2) is 0 Å². The molecule has 1 N–H and O–H groups in total. The molecule has 0 radical (unpaired) electrons. The molecule has 8 heteroatoms. The molecule has 0 fully saturated rings. The molecule has 0 unspecified atom stereocenters. The molecule has 3 aromatic rings. The van der Waals surface area contributed by atoms with Crippen LogP contribution in [0.25, 0.3) is 27.1 Å². The Morgan fingerprint density at radius 2 is 1.85 bits per heavy atom. The van der Waals surface area contributed by atoms with Crippen LogP contribution in [0.5, 0.6) is 5.75 Å². The van der Waals surface area contributed by atoms with Gasteiger partial charge in [-0.3, -0.25) is 4.98 Å². The average Bonchev–Trinajstić information content (AvgIpc) is 2.68. The fourth-order valence-corrected chi connectivity index (χ4v) is 4.23. The summed E-state index contributed by atoms with van der Waals surface area (Å²) >= 11 is 0. The number of benzene rings is 2. The van der Waals surface area contributed by atoms with Crippen molar-refractivity contribution in [3.05, 3.63) is 76.8 Å². The van der Waals surface area contributed by atoms with Crippen molar-refractivity contribution in [2.75, 3.05) is 0 Å². The highest BCUT2D eigenvalue weighted by atomic mass is 32.2. The van der Waals surface area contributed by atoms with Crippen LogP contribution in [0.15, 0.2) is 60.8 Å². The van der Waals surface area contributed by atoms with Gasteiger partial charge in [0.1, 0.15) is 10.7 Å². The van der Waals surface area contributed by atoms with Crippen LogP contribution in [0.1, 0.15) is 6.42 Å². The Bertz CT molecular complexity index is 1360. The summed E-state index contributed by atoms with van der Waals surface area (Å²) in [6, 6.07) is 14.7. The van der Waals surface area contributed by atoms with Gasteiger partial charge in [-0.15, -0.1) is 0 Å². The lowest BCUT2D eigenvalue weighted by Gasteiger charge is -2.13. The molecule has 1 aliphatic carbocycles. The summed E-state index contributed by atoms with van der Waals surface area (Å²) in [6.45, 7) is 0. The highest BCUT2D eigenvalue weighted by Gasteiger charge is 2.32. The largest absolute Gasteiger partial charge is 0.501 e. The first-order valence-electron chi connectivity index (χ1n) is 8.02. The molecule has 1 heterocycles. The molecule has 0 spiro atoms. The Hall–Kier alpha value is -3.48. The van der Waals surface area contributed by atoms with Gasteiger partial charge < -0.3 is 14.8 Å². The van der Waals surface area contributed by atoms with E-state index >= 15 is 0 Å². The van der Waals surface area contributed by atoms with Crippen LogP contribution in [0.4, 0.5) is 0 Å². The number of hydrogen-bond donors (Lipinski definition) is 1. The second kappa shape index (κ2) is 6.35. The van der Waals surface area contributed by atoms with Crippen molar-refractivity contribution in [2.24, 2.45) is 0 Å². The van der Waals surface area contributed by atoms with E-state index in [1.807, 2.05) is 0 Å². The zero-order chi connectivity index (χ0) is 19.0. The standard InChI is InChI=1S/C19H13N3O4S/c20-22-17-11-18(14-5-1-2-6-15(14)19(17)23)27(24,25)26-13-7-8-16-12(10-13)4-3-9-21-16/h1-10,23H,11H2. The van der Waals surface area contributed by atoms with Crippen molar-refractivity contribution in [2.45, 2.75) is 6.42 Å². The number of aromatic nitrogens is 1. The molecular weight excluding hydrogens is 366 g/mol. The molecule has 1 aliphatic rings. The molecule has 0 saturated heterocycles. The number of pyridine rings is 1. The van der Waals surface area contributed by atoms with Crippen LogP contribution >= 0.6 is 0 Å². The van der Waals surface area contributed by atoms with Gasteiger partial charge in [-0.2, -0.15) is 13.2 Å². The molecule has 4 rings (SSSR count). The minimum absolute atomic E-state index is 0.0880. The topological polar surface area (TPSA) is 113 Å². The predicted molar refractivity (Wildman–Crippen MR) is 99.7 cm³/mol. The number of aliphatic hydroxyl groups is 1. The van der Waals surface area contributed by atoms with Crippen molar-refractivity contribution in [3.8, 4) is 5.75 Å². The maximum absolute atomic E-state index is 12.9. The lowest BCUT2D eigenvalue weighted by molar-refractivity contribution is -0.00641. The Morgan fingerprint density at radius 1 is 1.07 bits per heavy atom. The van der Waals surface area contributed by atoms with Crippen molar-refractivity contribution in [3.63, 3.8) is 0 Å². The molecule has 0 aliphatic heterocycles. The van der Waals surface area contributed by atoms with E-state index in [-0.39, 0.29) is 33.8 Å². The summed E-state index contributed by atoms with van der Waals surface area (Å²) in [5, 5.41) is 11.5. The van der Waals surface area contributed by atoms with Crippen molar-refractivity contribution in [1.29, 1.82) is 0 Å². The third-order valence-electron chi connectivity index (χ3n) is 4.29. The first-order valence-corrected chi connectivity index (χ1v) is 9.42. The molecule has 0 bridgehead atoms. The average molecular weight is 379 g/mol. The molecule has 1 aromatic heterocycles. The number of aliphatic hydroxyl groups excluding tert-OH is 1. The summed E-state index contributed by atoms with van der Waals surface area (Å²) in [6.07, 6.45) is 1.37. The van der Waals surface area contributed by atoms with E-state index in [0.29, 0.717) is 10.7 Å². The highest BCUT2D eigenvalue weighted by Crippen LogP contribution is 2.24. The predicted octanol–water partition coefficient (Wildman–Crippen LogP) is 1.49. The first-order chi connectivity index (χ1) is 13.0. The molecule has 0 saturated carbocycles. The molecule has 27 heavy (non-hydrogen) atoms. The van der Waals surface area contributed by atoms with Gasteiger partial charge in [-0.05, 0) is 24.3 Å². The van der Waals surface area contributed by atoms with Crippen LogP contribution in [-0.2, 0) is 10.1 Å². The minimum atomic E-state index is -4.21. The van der Waals surface area contributed by atoms with Crippen LogP contribution < -0.4 is 14.6 Å². The lowest BCUT2D eigenvalue weighted by atomic mass is 10.0. The van der Waals surface area contributed by atoms with E-state index in [9.17, 15) is 13.5 Å². The van der Waals surface area contributed by atoms with E-state index in [1.54, 1.807) is 54.7 Å². The van der Waals surface area contributed by atoms with Crippen molar-refractivity contribution < 1.29 is 22.5 Å². The summed E-state index contributed by atoms with van der Waals surface area (Å²) in [5.41, 5.74) is 9.70. The number of rotatable bonds is 3. The fraction of sp³-hybridized carbons (Fsp3) is 0.0526. The van der Waals surface area contributed by atoms with Gasteiger partial charge in [0, 0.05) is 22.0 Å². The third kappa shape index (κ3) is 2.97. The number of fused-ring (bicyclic) bond motifs is 2. The van der Waals surface area contributed by atoms with Crippen molar-refractivity contribution >= 4 is 37.4 Å². The van der Waals surface area contributed by atoms with Gasteiger partial charge >= 0.3 is 15.8 Å². The normalized spacial score (nSPS) is 14.0. The summed E-state index contributed by atoms with van der Waals surface area (Å²) in [4.78, 5) is 7.12. The second-order valence-electron chi connectivity index (χ2n) is 5.94. The highest BCUT2D eigenvalue weighted by molar-refractivity contribution is 7.96. The van der Waals surface area contributed by atoms with Crippen molar-refractivity contribution in [1.82, 2.24) is 4.98 Å². The van der Waals surface area contributed by atoms with Gasteiger partial charge in [0.25, 0.3) is 0 Å². The van der Waals surface area contributed by atoms with Crippen LogP contribution in [-0.4, -0.2) is 29.0 Å². The summed E-state index contributed by atoms with van der Waals surface area (Å²) in [7, 11) is -4.21. The molecule has 0 amide bonds. The van der Waals surface area contributed by atoms with Gasteiger partial charge in [-0.1, -0.05) is 30.3 Å². The quantitative estimate of drug-likeness (QED) is 0.421. The molecule has 7 nitrogen and oxygen atoms in total. The lowest BCUT2D eigenvalue weighted by Crippen LogP contribution is -2.38. The van der Waals surface area contributed by atoms with E-state index in [2.05, 4.69) is 9.77 Å².